The maximum absolute atomic E-state index is 14.1. The lowest BCUT2D eigenvalue weighted by Crippen LogP contribution is -2.52. The second-order valence-electron chi connectivity index (χ2n) is 14.4. The van der Waals surface area contributed by atoms with Crippen LogP contribution < -0.4 is 11.1 Å². The van der Waals surface area contributed by atoms with Crippen LogP contribution >= 0.6 is 11.6 Å². The molecule has 0 aromatic heterocycles. The Morgan fingerprint density at radius 2 is 1.65 bits per heavy atom. The SMILES string of the molecule is CCOC(=O)COC1CCN(C2CCN(C(=O)C(Cc3cc(Cl)c(N)c(C(F)(F)F)c3)OC(=O)N3CCC(N4CCc5ccccc5NC4=O)CC3)CC2)C1. The second kappa shape index (κ2) is 17.7. The predicted molar refractivity (Wildman–Crippen MR) is 197 cm³/mol. The summed E-state index contributed by atoms with van der Waals surface area (Å²) >= 11 is 6.12. The van der Waals surface area contributed by atoms with Gasteiger partial charge in [0.25, 0.3) is 5.91 Å². The van der Waals surface area contributed by atoms with E-state index in [1.807, 2.05) is 24.3 Å². The van der Waals surface area contributed by atoms with Gasteiger partial charge in [-0.25, -0.2) is 14.4 Å². The summed E-state index contributed by atoms with van der Waals surface area (Å²) in [6.07, 6.45) is -3.75. The number of amides is 4. The van der Waals surface area contributed by atoms with Gasteiger partial charge in [0.2, 0.25) is 0 Å². The van der Waals surface area contributed by atoms with Gasteiger partial charge in [0.1, 0.15) is 6.61 Å². The first-order valence-corrected chi connectivity index (χ1v) is 19.2. The molecule has 300 valence electrons. The molecular weight excluding hydrogens is 745 g/mol. The molecule has 0 spiro atoms. The normalized spacial score (nSPS) is 20.8. The number of nitrogen functional groups attached to an aromatic ring is 1. The largest absolute Gasteiger partial charge is 0.464 e. The molecule has 0 aliphatic carbocycles. The van der Waals surface area contributed by atoms with Gasteiger partial charge >= 0.3 is 24.3 Å². The van der Waals surface area contributed by atoms with Crippen molar-refractivity contribution in [2.45, 2.75) is 82.3 Å². The molecule has 4 amide bonds. The summed E-state index contributed by atoms with van der Waals surface area (Å²) in [6, 6.07) is 9.59. The number of nitrogens with two attached hydrogens (primary N) is 1. The number of alkyl halides is 3. The number of nitrogens with one attached hydrogen (secondary N) is 1. The maximum Gasteiger partial charge on any atom is 0.418 e. The minimum Gasteiger partial charge on any atom is -0.464 e. The first-order chi connectivity index (χ1) is 26.3. The fourth-order valence-corrected chi connectivity index (χ4v) is 8.22. The number of likely N-dealkylation sites (tertiary alicyclic amines) is 3. The van der Waals surface area contributed by atoms with Crippen molar-refractivity contribution in [3.63, 3.8) is 0 Å². The molecule has 2 aromatic carbocycles. The third-order valence-electron chi connectivity index (χ3n) is 11.0. The number of urea groups is 1. The van der Waals surface area contributed by atoms with Crippen molar-refractivity contribution in [2.75, 3.05) is 70.1 Å². The number of esters is 1. The quantitative estimate of drug-likeness (QED) is 0.245. The molecule has 3 N–H and O–H groups in total. The zero-order valence-electron chi connectivity index (χ0n) is 30.8. The van der Waals surface area contributed by atoms with Gasteiger partial charge in [-0.2, -0.15) is 13.2 Å². The van der Waals surface area contributed by atoms with Crippen LogP contribution in [0.15, 0.2) is 36.4 Å². The maximum atomic E-state index is 14.1. The van der Waals surface area contributed by atoms with Crippen LogP contribution in [0.1, 0.15) is 55.7 Å². The number of hydrogen-bond acceptors (Lipinski definition) is 9. The van der Waals surface area contributed by atoms with Gasteiger partial charge in [-0.15, -0.1) is 0 Å². The van der Waals surface area contributed by atoms with Gasteiger partial charge in [0.15, 0.2) is 6.10 Å². The molecule has 0 radical (unpaired) electrons. The number of nitrogens with zero attached hydrogens (tertiary/aromatic N) is 4. The van der Waals surface area contributed by atoms with Crippen LogP contribution in [-0.4, -0.2) is 127 Å². The summed E-state index contributed by atoms with van der Waals surface area (Å²) in [7, 11) is 0. The van der Waals surface area contributed by atoms with Crippen molar-refractivity contribution < 1.29 is 46.6 Å². The first kappa shape index (κ1) is 40.4. The molecule has 2 unspecified atom stereocenters. The Balaban J connectivity index is 1.09. The van der Waals surface area contributed by atoms with Crippen LogP contribution in [0.5, 0.6) is 0 Å². The van der Waals surface area contributed by atoms with Crippen LogP contribution in [-0.2, 0) is 42.8 Å². The number of ether oxygens (including phenoxy) is 3. The topological polar surface area (TPSA) is 147 Å². The Morgan fingerprint density at radius 3 is 2.36 bits per heavy atom. The van der Waals surface area contributed by atoms with E-state index in [0.29, 0.717) is 58.3 Å². The summed E-state index contributed by atoms with van der Waals surface area (Å²) in [5.41, 5.74) is 5.78. The van der Waals surface area contributed by atoms with E-state index < -0.39 is 41.5 Å². The van der Waals surface area contributed by atoms with Crippen LogP contribution in [0.4, 0.5) is 34.1 Å². The lowest BCUT2D eigenvalue weighted by Gasteiger charge is -2.39. The van der Waals surface area contributed by atoms with E-state index in [2.05, 4.69) is 10.2 Å². The number of benzene rings is 2. The van der Waals surface area contributed by atoms with Gasteiger partial charge in [-0.1, -0.05) is 29.8 Å². The van der Waals surface area contributed by atoms with E-state index >= 15 is 0 Å². The molecule has 4 aliphatic rings. The van der Waals surface area contributed by atoms with Crippen LogP contribution in [0.2, 0.25) is 5.02 Å². The average molecular weight is 793 g/mol. The van der Waals surface area contributed by atoms with Crippen molar-refractivity contribution in [3.05, 3.63) is 58.1 Å². The third-order valence-corrected chi connectivity index (χ3v) is 11.3. The van der Waals surface area contributed by atoms with Gasteiger partial charge in [-0.3, -0.25) is 9.69 Å². The molecule has 17 heteroatoms. The Bertz CT molecular complexity index is 1720. The lowest BCUT2D eigenvalue weighted by molar-refractivity contribution is -0.150. The fraction of sp³-hybridized carbons (Fsp3) is 0.579. The molecule has 55 heavy (non-hydrogen) atoms. The molecule has 0 saturated carbocycles. The minimum absolute atomic E-state index is 0.0466. The van der Waals surface area contributed by atoms with Gasteiger partial charge < -0.3 is 40.0 Å². The number of hydrogen-bond donors (Lipinski definition) is 2. The molecule has 2 atom stereocenters. The zero-order chi connectivity index (χ0) is 39.3. The summed E-state index contributed by atoms with van der Waals surface area (Å²) < 4.78 is 58.1. The highest BCUT2D eigenvalue weighted by Crippen LogP contribution is 2.38. The van der Waals surface area contributed by atoms with Crippen molar-refractivity contribution in [2.24, 2.45) is 0 Å². The Hall–Kier alpha value is -4.28. The van der Waals surface area contributed by atoms with Crippen molar-refractivity contribution in [1.82, 2.24) is 19.6 Å². The summed E-state index contributed by atoms with van der Waals surface area (Å²) in [4.78, 5) is 59.7. The molecule has 4 heterocycles. The van der Waals surface area contributed by atoms with Gasteiger partial charge in [0.05, 0.1) is 29.0 Å². The second-order valence-corrected chi connectivity index (χ2v) is 14.8. The van der Waals surface area contributed by atoms with E-state index in [1.165, 1.54) is 11.0 Å². The van der Waals surface area contributed by atoms with Crippen LogP contribution in [0, 0.1) is 0 Å². The fourth-order valence-electron chi connectivity index (χ4n) is 7.98. The molecule has 3 fully saturated rings. The highest BCUT2D eigenvalue weighted by molar-refractivity contribution is 6.33. The van der Waals surface area contributed by atoms with Gasteiger partial charge in [0, 0.05) is 70.0 Å². The molecule has 13 nitrogen and oxygen atoms in total. The highest BCUT2D eigenvalue weighted by atomic mass is 35.5. The summed E-state index contributed by atoms with van der Waals surface area (Å²) in [5.74, 6) is -0.919. The number of anilines is 2. The standard InChI is InChI=1S/C38H48ClF3N6O7/c1-2-53-33(49)23-54-28-12-17-47(22-28)26-8-13-45(14-9-26)35(50)32(21-24-19-29(38(40,41)42)34(43)30(39)20-24)55-37(52)46-15-10-27(11-16-46)48-18-7-25-5-3-4-6-31(25)44-36(48)51/h3-6,19-20,26-28,32H,2,7-18,21-23,43H2,1H3,(H,44,51). The number of carbonyl (C=O) groups is 4. The zero-order valence-corrected chi connectivity index (χ0v) is 31.6. The summed E-state index contributed by atoms with van der Waals surface area (Å²) in [5, 5.41) is 2.66. The van der Waals surface area contributed by atoms with Crippen molar-refractivity contribution in [3.8, 4) is 0 Å². The Labute approximate surface area is 323 Å². The molecule has 0 bridgehead atoms. The molecule has 6 rings (SSSR count). The number of piperidine rings is 2. The monoisotopic (exact) mass is 792 g/mol. The third kappa shape index (κ3) is 9.94. The van der Waals surface area contributed by atoms with Gasteiger partial charge in [-0.05, 0) is 74.8 Å². The molecule has 3 saturated heterocycles. The number of carbonyl (C=O) groups excluding carboxylic acids is 4. The van der Waals surface area contributed by atoms with E-state index in [1.54, 1.807) is 16.7 Å². The smallest absolute Gasteiger partial charge is 0.418 e. The van der Waals surface area contributed by atoms with E-state index in [0.717, 1.165) is 30.3 Å². The number of fused-ring (bicyclic) bond motifs is 1. The van der Waals surface area contributed by atoms with Crippen LogP contribution in [0.3, 0.4) is 0 Å². The van der Waals surface area contributed by atoms with Crippen LogP contribution in [0.25, 0.3) is 0 Å². The first-order valence-electron chi connectivity index (χ1n) is 18.9. The summed E-state index contributed by atoms with van der Waals surface area (Å²) in [6.45, 7) is 5.09. The van der Waals surface area contributed by atoms with E-state index in [-0.39, 0.29) is 67.5 Å². The van der Waals surface area contributed by atoms with Crippen molar-refractivity contribution >= 4 is 47.0 Å². The number of halogens is 4. The Kier molecular flexibility index (Phi) is 13.0. The van der Waals surface area contributed by atoms with Crippen molar-refractivity contribution in [1.29, 1.82) is 0 Å². The molecule has 2 aromatic rings. The molecule has 4 aliphatic heterocycles. The Morgan fingerprint density at radius 1 is 0.964 bits per heavy atom. The number of rotatable bonds is 10. The number of para-hydroxylation sites is 1. The minimum atomic E-state index is -4.79. The molecular formula is C38H48ClF3N6O7. The average Bonchev–Trinajstić information content (AvgIpc) is 3.57. The van der Waals surface area contributed by atoms with E-state index in [9.17, 15) is 32.3 Å². The lowest BCUT2D eigenvalue weighted by atomic mass is 10.00. The van der Waals surface area contributed by atoms with E-state index in [4.69, 9.17) is 31.5 Å². The highest BCUT2D eigenvalue weighted by Gasteiger charge is 2.39. The predicted octanol–water partition coefficient (Wildman–Crippen LogP) is 5.19.